The fraction of sp³-hybridized carbons (Fsp3) is 0.278. The zero-order chi connectivity index (χ0) is 14.7. The van der Waals surface area contributed by atoms with Gasteiger partial charge in [-0.25, -0.2) is 0 Å². The van der Waals surface area contributed by atoms with Gasteiger partial charge in [0.1, 0.15) is 0 Å². The molecule has 2 aromatic carbocycles. The first-order chi connectivity index (χ1) is 10.2. The maximum atomic E-state index is 11.1. The van der Waals surface area contributed by atoms with Gasteiger partial charge in [-0.15, -0.1) is 0 Å². The Morgan fingerprint density at radius 3 is 2.48 bits per heavy atom. The molecule has 1 heterocycles. The fourth-order valence-electron chi connectivity index (χ4n) is 3.08. The second kappa shape index (κ2) is 6.10. The highest BCUT2D eigenvalue weighted by atomic mass is 16.1. The fourth-order valence-corrected chi connectivity index (χ4v) is 3.08. The van der Waals surface area contributed by atoms with Crippen molar-refractivity contribution in [1.82, 2.24) is 4.90 Å². The van der Waals surface area contributed by atoms with Crippen LogP contribution in [0.1, 0.15) is 40.4 Å². The minimum absolute atomic E-state index is 0.370. The number of carbonyl (C=O) groups excluding carboxylic acids is 1. The third kappa shape index (κ3) is 3.14. The third-order valence-electron chi connectivity index (χ3n) is 4.17. The summed E-state index contributed by atoms with van der Waals surface area (Å²) in [5.41, 5.74) is 8.46. The van der Waals surface area contributed by atoms with Crippen LogP contribution in [0.4, 0.5) is 0 Å². The molecule has 0 bridgehead atoms. The van der Waals surface area contributed by atoms with Crippen LogP contribution in [0.3, 0.4) is 0 Å². The molecule has 3 heteroatoms. The molecule has 0 unspecified atom stereocenters. The Morgan fingerprint density at radius 2 is 1.81 bits per heavy atom. The van der Waals surface area contributed by atoms with E-state index in [0.29, 0.717) is 11.6 Å². The SMILES string of the molecule is NC(=O)c1ccc(CN2CCC[C@H]2c2ccccc2)cc1. The third-order valence-corrected chi connectivity index (χ3v) is 4.17. The monoisotopic (exact) mass is 280 g/mol. The molecule has 1 amide bonds. The van der Waals surface area contributed by atoms with E-state index < -0.39 is 0 Å². The molecule has 0 spiro atoms. The molecule has 0 aromatic heterocycles. The quantitative estimate of drug-likeness (QED) is 0.935. The van der Waals surface area contributed by atoms with E-state index in [1.165, 1.54) is 24.0 Å². The maximum Gasteiger partial charge on any atom is 0.248 e. The second-order valence-corrected chi connectivity index (χ2v) is 5.60. The number of rotatable bonds is 4. The molecule has 1 fully saturated rings. The van der Waals surface area contributed by atoms with Gasteiger partial charge < -0.3 is 5.73 Å². The van der Waals surface area contributed by atoms with Gasteiger partial charge in [0.2, 0.25) is 5.91 Å². The van der Waals surface area contributed by atoms with Crippen LogP contribution in [0, 0.1) is 0 Å². The van der Waals surface area contributed by atoms with E-state index in [0.717, 1.165) is 13.1 Å². The average Bonchev–Trinajstić information content (AvgIpc) is 2.97. The lowest BCUT2D eigenvalue weighted by Crippen LogP contribution is -2.22. The van der Waals surface area contributed by atoms with Gasteiger partial charge in [0.25, 0.3) is 0 Å². The van der Waals surface area contributed by atoms with E-state index in [9.17, 15) is 4.79 Å². The molecular formula is C18H20N2O. The van der Waals surface area contributed by atoms with Gasteiger partial charge in [0.05, 0.1) is 0 Å². The summed E-state index contributed by atoms with van der Waals surface area (Å²) in [6, 6.07) is 18.8. The molecule has 3 rings (SSSR count). The van der Waals surface area contributed by atoms with E-state index in [4.69, 9.17) is 5.73 Å². The molecule has 1 saturated heterocycles. The van der Waals surface area contributed by atoms with Crippen LogP contribution in [0.5, 0.6) is 0 Å². The first-order valence-electron chi connectivity index (χ1n) is 7.42. The van der Waals surface area contributed by atoms with Crippen molar-refractivity contribution >= 4 is 5.91 Å². The smallest absolute Gasteiger partial charge is 0.248 e. The molecule has 1 atom stereocenters. The Labute approximate surface area is 125 Å². The molecule has 3 nitrogen and oxygen atoms in total. The second-order valence-electron chi connectivity index (χ2n) is 5.60. The van der Waals surface area contributed by atoms with Gasteiger partial charge in [-0.05, 0) is 42.6 Å². The average molecular weight is 280 g/mol. The van der Waals surface area contributed by atoms with Crippen molar-refractivity contribution in [2.75, 3.05) is 6.54 Å². The summed E-state index contributed by atoms with van der Waals surface area (Å²) in [4.78, 5) is 13.6. The molecule has 2 N–H and O–H groups in total. The highest BCUT2D eigenvalue weighted by molar-refractivity contribution is 5.92. The topological polar surface area (TPSA) is 46.3 Å². The summed E-state index contributed by atoms with van der Waals surface area (Å²) < 4.78 is 0. The van der Waals surface area contributed by atoms with E-state index >= 15 is 0 Å². The summed E-state index contributed by atoms with van der Waals surface area (Å²) >= 11 is 0. The van der Waals surface area contributed by atoms with Gasteiger partial charge in [-0.2, -0.15) is 0 Å². The predicted molar refractivity (Wildman–Crippen MR) is 83.8 cm³/mol. The largest absolute Gasteiger partial charge is 0.366 e. The zero-order valence-corrected chi connectivity index (χ0v) is 12.0. The lowest BCUT2D eigenvalue weighted by Gasteiger charge is -2.25. The van der Waals surface area contributed by atoms with E-state index in [1.807, 2.05) is 24.3 Å². The van der Waals surface area contributed by atoms with Crippen LogP contribution < -0.4 is 5.73 Å². The van der Waals surface area contributed by atoms with E-state index in [-0.39, 0.29) is 5.91 Å². The molecule has 1 aliphatic rings. The molecular weight excluding hydrogens is 260 g/mol. The highest BCUT2D eigenvalue weighted by Crippen LogP contribution is 2.32. The van der Waals surface area contributed by atoms with Crippen LogP contribution in [0.25, 0.3) is 0 Å². The van der Waals surface area contributed by atoms with Crippen molar-refractivity contribution in [3.05, 3.63) is 71.3 Å². The molecule has 108 valence electrons. The van der Waals surface area contributed by atoms with E-state index in [1.54, 1.807) is 0 Å². The molecule has 0 aliphatic carbocycles. The van der Waals surface area contributed by atoms with Gasteiger partial charge in [0, 0.05) is 18.2 Å². The van der Waals surface area contributed by atoms with Gasteiger partial charge in [0.15, 0.2) is 0 Å². The van der Waals surface area contributed by atoms with Gasteiger partial charge >= 0.3 is 0 Å². The Balaban J connectivity index is 1.73. The van der Waals surface area contributed by atoms with Gasteiger partial charge in [-0.1, -0.05) is 42.5 Å². The van der Waals surface area contributed by atoms with Crippen molar-refractivity contribution in [3.63, 3.8) is 0 Å². The number of nitrogens with zero attached hydrogens (tertiary/aromatic N) is 1. The number of hydrogen-bond acceptors (Lipinski definition) is 2. The number of amides is 1. The lowest BCUT2D eigenvalue weighted by atomic mass is 10.0. The van der Waals surface area contributed by atoms with Gasteiger partial charge in [-0.3, -0.25) is 9.69 Å². The number of primary amides is 1. The Bertz CT molecular complexity index is 607. The first-order valence-corrected chi connectivity index (χ1v) is 7.42. The number of benzene rings is 2. The Kier molecular flexibility index (Phi) is 4.02. The van der Waals surface area contributed by atoms with Crippen LogP contribution in [-0.2, 0) is 6.54 Å². The van der Waals surface area contributed by atoms with Crippen molar-refractivity contribution in [2.24, 2.45) is 5.73 Å². The summed E-state index contributed by atoms with van der Waals surface area (Å²) in [6.45, 7) is 2.04. The molecule has 1 aliphatic heterocycles. The highest BCUT2D eigenvalue weighted by Gasteiger charge is 2.25. The van der Waals surface area contributed by atoms with Crippen LogP contribution >= 0.6 is 0 Å². The predicted octanol–water partition coefficient (Wildman–Crippen LogP) is 3.12. The van der Waals surface area contributed by atoms with Crippen LogP contribution in [-0.4, -0.2) is 17.4 Å². The summed E-state index contributed by atoms with van der Waals surface area (Å²) in [7, 11) is 0. The molecule has 0 radical (unpaired) electrons. The summed E-state index contributed by atoms with van der Waals surface area (Å²) in [5, 5.41) is 0. The maximum absolute atomic E-state index is 11.1. The summed E-state index contributed by atoms with van der Waals surface area (Å²) in [5.74, 6) is -0.370. The van der Waals surface area contributed by atoms with Crippen LogP contribution in [0.15, 0.2) is 54.6 Å². The van der Waals surface area contributed by atoms with Crippen molar-refractivity contribution < 1.29 is 4.79 Å². The molecule has 21 heavy (non-hydrogen) atoms. The standard InChI is InChI=1S/C18H20N2O/c19-18(21)16-10-8-14(9-11-16)13-20-12-4-7-17(20)15-5-2-1-3-6-15/h1-3,5-6,8-11,17H,4,7,12-13H2,(H2,19,21)/t17-/m0/s1. The Hall–Kier alpha value is -2.13. The first kappa shape index (κ1) is 13.8. The minimum atomic E-state index is -0.370. The molecule has 0 saturated carbocycles. The van der Waals surface area contributed by atoms with Crippen molar-refractivity contribution in [3.8, 4) is 0 Å². The summed E-state index contributed by atoms with van der Waals surface area (Å²) in [6.07, 6.45) is 2.45. The zero-order valence-electron chi connectivity index (χ0n) is 12.0. The number of nitrogens with two attached hydrogens (primary N) is 1. The number of likely N-dealkylation sites (tertiary alicyclic amines) is 1. The van der Waals surface area contributed by atoms with E-state index in [2.05, 4.69) is 35.2 Å². The number of carbonyl (C=O) groups is 1. The van der Waals surface area contributed by atoms with Crippen molar-refractivity contribution in [2.45, 2.75) is 25.4 Å². The normalized spacial score (nSPS) is 18.8. The minimum Gasteiger partial charge on any atom is -0.366 e. The van der Waals surface area contributed by atoms with Crippen molar-refractivity contribution in [1.29, 1.82) is 0 Å². The van der Waals surface area contributed by atoms with Crippen LogP contribution in [0.2, 0.25) is 0 Å². The number of hydrogen-bond donors (Lipinski definition) is 1. The Morgan fingerprint density at radius 1 is 1.10 bits per heavy atom. The molecule has 2 aromatic rings. The lowest BCUT2D eigenvalue weighted by molar-refractivity contribution is 0.100.